The van der Waals surface area contributed by atoms with Crippen LogP contribution in [-0.4, -0.2) is 46.1 Å². The Balaban J connectivity index is 3.58. The lowest BCUT2D eigenvalue weighted by atomic mass is 9.96. The zero-order chi connectivity index (χ0) is 15.4. The third kappa shape index (κ3) is 2.47. The number of urea groups is 1. The van der Waals surface area contributed by atoms with E-state index in [1.807, 2.05) is 11.9 Å². The maximum Gasteiger partial charge on any atom is 0.308 e. The zero-order valence-corrected chi connectivity index (χ0v) is 17.4. The SMILES string of the molecule is CN1C(=O)N[Si]([Si](C)(C)C)([Si](C)(C)C)C1C(C)(C)C. The van der Waals surface area contributed by atoms with Crippen LogP contribution in [0.2, 0.25) is 39.3 Å². The van der Waals surface area contributed by atoms with Crippen molar-refractivity contribution in [3.63, 3.8) is 0 Å². The van der Waals surface area contributed by atoms with Gasteiger partial charge in [-0.3, -0.25) is 0 Å². The number of rotatable bonds is 2. The summed E-state index contributed by atoms with van der Waals surface area (Å²) in [6.45, 7) is 21.7. The number of hydrogen-bond acceptors (Lipinski definition) is 1. The van der Waals surface area contributed by atoms with Crippen LogP contribution in [0.25, 0.3) is 0 Å². The molecule has 0 bridgehead atoms. The smallest absolute Gasteiger partial charge is 0.308 e. The van der Waals surface area contributed by atoms with Crippen molar-refractivity contribution in [3.05, 3.63) is 0 Å². The van der Waals surface area contributed by atoms with Gasteiger partial charge in [0.1, 0.15) is 0 Å². The lowest BCUT2D eigenvalue weighted by Gasteiger charge is -2.54. The van der Waals surface area contributed by atoms with Crippen LogP contribution >= 0.6 is 0 Å². The van der Waals surface area contributed by atoms with Crippen LogP contribution in [0.4, 0.5) is 4.79 Å². The topological polar surface area (TPSA) is 32.3 Å². The summed E-state index contributed by atoms with van der Waals surface area (Å²) in [4.78, 5) is 18.1. The van der Waals surface area contributed by atoms with E-state index in [-0.39, 0.29) is 11.4 Å². The molecule has 0 aromatic carbocycles. The summed E-state index contributed by atoms with van der Waals surface area (Å²) in [5, 5.41) is 0. The molecule has 1 atom stereocenters. The van der Waals surface area contributed by atoms with Gasteiger partial charge in [0.15, 0.2) is 7.27 Å². The molecular weight excluding hydrogens is 284 g/mol. The summed E-state index contributed by atoms with van der Waals surface area (Å²) in [6.07, 6.45) is 0. The Morgan fingerprint density at radius 1 is 1.05 bits per heavy atom. The largest absolute Gasteiger partial charge is 0.367 e. The molecule has 1 unspecified atom stereocenters. The number of carbonyl (C=O) groups is 1. The second-order valence-corrected chi connectivity index (χ2v) is 35.8. The van der Waals surface area contributed by atoms with Crippen molar-refractivity contribution in [1.29, 1.82) is 0 Å². The Morgan fingerprint density at radius 3 is 1.63 bits per heavy atom. The first-order chi connectivity index (χ1) is 8.16. The highest BCUT2D eigenvalue weighted by atomic mass is 29.6. The molecule has 6 heteroatoms. The van der Waals surface area contributed by atoms with Gasteiger partial charge in [-0.05, 0) is 5.41 Å². The Hall–Kier alpha value is -0.0794. The first kappa shape index (κ1) is 17.0. The van der Waals surface area contributed by atoms with Gasteiger partial charge >= 0.3 is 6.03 Å². The van der Waals surface area contributed by atoms with Gasteiger partial charge in [-0.1, -0.05) is 60.1 Å². The van der Waals surface area contributed by atoms with Crippen LogP contribution in [0.15, 0.2) is 0 Å². The predicted molar refractivity (Wildman–Crippen MR) is 92.0 cm³/mol. The maximum atomic E-state index is 12.4. The fourth-order valence-corrected chi connectivity index (χ4v) is 50.1. The van der Waals surface area contributed by atoms with E-state index in [1.165, 1.54) is 0 Å². The lowest BCUT2D eigenvalue weighted by Crippen LogP contribution is -2.84. The molecule has 19 heavy (non-hydrogen) atoms. The van der Waals surface area contributed by atoms with Crippen molar-refractivity contribution < 1.29 is 4.79 Å². The summed E-state index contributed by atoms with van der Waals surface area (Å²) >= 11 is 0. The molecule has 0 spiro atoms. The van der Waals surface area contributed by atoms with Crippen molar-refractivity contribution in [2.24, 2.45) is 5.41 Å². The van der Waals surface area contributed by atoms with Crippen LogP contribution in [0.1, 0.15) is 20.8 Å². The molecule has 1 saturated heterocycles. The van der Waals surface area contributed by atoms with Gasteiger partial charge < -0.3 is 9.88 Å². The van der Waals surface area contributed by atoms with Crippen molar-refractivity contribution in [2.75, 3.05) is 7.05 Å². The molecule has 3 nitrogen and oxygen atoms in total. The Bertz CT molecular complexity index is 363. The van der Waals surface area contributed by atoms with Gasteiger partial charge in [-0.15, -0.1) is 0 Å². The number of amides is 2. The average Bonchev–Trinajstić information content (AvgIpc) is 2.37. The summed E-state index contributed by atoms with van der Waals surface area (Å²) in [7, 11) is -2.70. The predicted octanol–water partition coefficient (Wildman–Crippen LogP) is 3.37. The van der Waals surface area contributed by atoms with Gasteiger partial charge in [-0.25, -0.2) is 4.79 Å². The molecule has 1 aliphatic rings. The van der Waals surface area contributed by atoms with Gasteiger partial charge in [0.05, 0.1) is 15.2 Å². The minimum atomic E-state index is -1.82. The minimum absolute atomic E-state index is 0.153. The third-order valence-electron chi connectivity index (χ3n) is 4.61. The molecule has 1 N–H and O–H groups in total. The van der Waals surface area contributed by atoms with E-state index in [2.05, 4.69) is 65.0 Å². The fraction of sp³-hybridized carbons (Fsp3) is 0.923. The van der Waals surface area contributed by atoms with E-state index < -0.39 is 22.5 Å². The maximum absolute atomic E-state index is 12.4. The fourth-order valence-electron chi connectivity index (χ4n) is 4.28. The average molecular weight is 317 g/mol. The zero-order valence-electron chi connectivity index (χ0n) is 14.4. The molecule has 1 fully saturated rings. The molecule has 0 radical (unpaired) electrons. The molecule has 112 valence electrons. The highest BCUT2D eigenvalue weighted by Gasteiger charge is 2.68. The van der Waals surface area contributed by atoms with E-state index in [9.17, 15) is 4.79 Å². The van der Waals surface area contributed by atoms with Crippen molar-refractivity contribution >= 4 is 28.5 Å². The lowest BCUT2D eigenvalue weighted by molar-refractivity contribution is 0.189. The van der Waals surface area contributed by atoms with Crippen molar-refractivity contribution in [2.45, 2.75) is 65.7 Å². The minimum Gasteiger partial charge on any atom is -0.367 e. The number of carbonyl (C=O) groups excluding carboxylic acids is 1. The van der Waals surface area contributed by atoms with Gasteiger partial charge in [0.2, 0.25) is 0 Å². The quantitative estimate of drug-likeness (QED) is 0.778. The van der Waals surface area contributed by atoms with Crippen LogP contribution in [0.5, 0.6) is 0 Å². The molecule has 1 rings (SSSR count). The molecule has 1 aliphatic heterocycles. The van der Waals surface area contributed by atoms with Crippen LogP contribution in [-0.2, 0) is 0 Å². The van der Waals surface area contributed by atoms with Crippen LogP contribution in [0.3, 0.4) is 0 Å². The first-order valence-electron chi connectivity index (χ1n) is 7.21. The van der Waals surface area contributed by atoms with E-state index in [0.29, 0.717) is 5.67 Å². The van der Waals surface area contributed by atoms with Gasteiger partial charge in [-0.2, -0.15) is 0 Å². The molecule has 0 aromatic rings. The second-order valence-electron chi connectivity index (χ2n) is 9.12. The van der Waals surface area contributed by atoms with E-state index >= 15 is 0 Å². The second kappa shape index (κ2) is 4.46. The van der Waals surface area contributed by atoms with Crippen molar-refractivity contribution in [3.8, 4) is 0 Å². The van der Waals surface area contributed by atoms with E-state index in [0.717, 1.165) is 0 Å². The molecule has 2 amide bonds. The molecule has 0 saturated carbocycles. The normalized spacial score (nSPS) is 24.6. The first-order valence-corrected chi connectivity index (χ1v) is 18.3. The van der Waals surface area contributed by atoms with Crippen molar-refractivity contribution in [1.82, 2.24) is 9.88 Å². The number of nitrogens with one attached hydrogen (secondary N) is 1. The summed E-state index contributed by atoms with van der Waals surface area (Å²) < 4.78 is 0. The summed E-state index contributed by atoms with van der Waals surface area (Å²) in [5.41, 5.74) is 0.576. The highest BCUT2D eigenvalue weighted by Crippen LogP contribution is 2.42. The Labute approximate surface area is 121 Å². The van der Waals surface area contributed by atoms with Gasteiger partial charge in [0, 0.05) is 12.7 Å². The third-order valence-corrected chi connectivity index (χ3v) is 42.1. The van der Waals surface area contributed by atoms with Gasteiger partial charge in [0.25, 0.3) is 0 Å². The molecular formula is C13H32N2OSi3. The van der Waals surface area contributed by atoms with E-state index in [4.69, 9.17) is 0 Å². The summed E-state index contributed by atoms with van der Waals surface area (Å²) in [6, 6.07) is 0.177. The summed E-state index contributed by atoms with van der Waals surface area (Å²) in [5.74, 6) is 0. The number of nitrogens with zero attached hydrogens (tertiary/aromatic N) is 1. The molecule has 0 aromatic heterocycles. The Morgan fingerprint density at radius 2 is 1.42 bits per heavy atom. The van der Waals surface area contributed by atoms with Crippen LogP contribution in [0, 0.1) is 5.41 Å². The number of hydrogen-bond donors (Lipinski definition) is 1. The Kier molecular flexibility index (Phi) is 3.98. The van der Waals surface area contributed by atoms with E-state index in [1.54, 1.807) is 0 Å². The molecule has 0 aliphatic carbocycles. The van der Waals surface area contributed by atoms with Crippen LogP contribution < -0.4 is 4.98 Å². The monoisotopic (exact) mass is 316 g/mol. The molecule has 1 heterocycles. The highest BCUT2D eigenvalue weighted by molar-refractivity contribution is 7.69. The standard InChI is InChI=1S/C13H32N2OSi3/c1-13(2,3)11-15(4)12(16)14-19(11,17(5,6)7)18(8,9)10/h11H,1-10H3,(H,14,16).